The van der Waals surface area contributed by atoms with Gasteiger partial charge in [0.15, 0.2) is 6.61 Å². The van der Waals surface area contributed by atoms with Gasteiger partial charge in [-0.3, -0.25) is 9.59 Å². The predicted octanol–water partition coefficient (Wildman–Crippen LogP) is 1.62. The fourth-order valence-electron chi connectivity index (χ4n) is 3.23. The van der Waals surface area contributed by atoms with Gasteiger partial charge in [0.25, 0.3) is 11.7 Å². The average molecular weight is 381 g/mol. The van der Waals surface area contributed by atoms with Crippen molar-refractivity contribution in [2.75, 3.05) is 6.61 Å². The van der Waals surface area contributed by atoms with Crippen LogP contribution in [0.4, 0.5) is 0 Å². The number of nitrogens with zero attached hydrogens (tertiary/aromatic N) is 2. The summed E-state index contributed by atoms with van der Waals surface area (Å²) in [6.07, 6.45) is 2.38. The van der Waals surface area contributed by atoms with E-state index in [-0.39, 0.29) is 16.8 Å². The Kier molecular flexibility index (Phi) is 5.39. The zero-order chi connectivity index (χ0) is 20.3. The number of primary amides is 1. The molecule has 0 aliphatic heterocycles. The molecule has 3 rings (SSSR count). The summed E-state index contributed by atoms with van der Waals surface area (Å²) < 4.78 is 6.88. The molecule has 0 fully saturated rings. The Morgan fingerprint density at radius 2 is 1.89 bits per heavy atom. The Labute approximate surface area is 160 Å². The van der Waals surface area contributed by atoms with Gasteiger partial charge in [0, 0.05) is 12.5 Å². The van der Waals surface area contributed by atoms with Crippen LogP contribution in [-0.4, -0.2) is 39.0 Å². The molecule has 0 saturated heterocycles. The predicted molar refractivity (Wildman–Crippen MR) is 100 cm³/mol. The Morgan fingerprint density at radius 3 is 2.50 bits per heavy atom. The summed E-state index contributed by atoms with van der Waals surface area (Å²) in [6.45, 7) is 1.27. The number of rotatable bonds is 8. The van der Waals surface area contributed by atoms with Gasteiger partial charge in [-0.15, -0.1) is 0 Å². The van der Waals surface area contributed by atoms with E-state index in [1.54, 1.807) is 0 Å². The number of fused-ring (bicyclic) bond motifs is 1. The minimum absolute atomic E-state index is 0.106. The van der Waals surface area contributed by atoms with E-state index in [9.17, 15) is 14.4 Å². The summed E-state index contributed by atoms with van der Waals surface area (Å²) in [6, 6.07) is 11.1. The number of aliphatic carboxylic acids is 1. The van der Waals surface area contributed by atoms with Crippen molar-refractivity contribution in [2.24, 2.45) is 5.73 Å². The number of carboxylic acids is 1. The van der Waals surface area contributed by atoms with Crippen LogP contribution in [-0.2, 0) is 22.4 Å². The largest absolute Gasteiger partial charge is 0.480 e. The van der Waals surface area contributed by atoms with Crippen molar-refractivity contribution in [3.63, 3.8) is 0 Å². The van der Waals surface area contributed by atoms with Crippen molar-refractivity contribution >= 4 is 23.2 Å². The second-order valence-corrected chi connectivity index (χ2v) is 6.15. The highest BCUT2D eigenvalue weighted by atomic mass is 16.5. The van der Waals surface area contributed by atoms with Gasteiger partial charge in [-0.2, -0.15) is 5.10 Å². The summed E-state index contributed by atoms with van der Waals surface area (Å²) in [5.41, 5.74) is 7.96. The standard InChI is InChI=1S/C20H19N3O5/c1-2-13-14(10-12-6-4-3-5-7-12)23-18(17(13)19(26)20(21)27)15(8-9-22-23)28-11-16(24)25/h3-9H,2,10-11H2,1H3,(H2,21,27)(H,24,25). The van der Waals surface area contributed by atoms with E-state index in [0.717, 1.165) is 5.56 Å². The lowest BCUT2D eigenvalue weighted by Gasteiger charge is -2.08. The molecule has 144 valence electrons. The molecule has 0 radical (unpaired) electrons. The third-order valence-corrected chi connectivity index (χ3v) is 4.37. The third kappa shape index (κ3) is 3.57. The Morgan fingerprint density at radius 1 is 1.18 bits per heavy atom. The second-order valence-electron chi connectivity index (χ2n) is 6.15. The van der Waals surface area contributed by atoms with Crippen LogP contribution < -0.4 is 10.5 Å². The first-order chi connectivity index (χ1) is 13.4. The van der Waals surface area contributed by atoms with Gasteiger partial charge >= 0.3 is 5.97 Å². The molecule has 0 bridgehead atoms. The van der Waals surface area contributed by atoms with Crippen molar-refractivity contribution in [1.82, 2.24) is 9.61 Å². The second kappa shape index (κ2) is 7.91. The number of nitrogens with two attached hydrogens (primary N) is 1. The number of benzene rings is 1. The smallest absolute Gasteiger partial charge is 0.341 e. The van der Waals surface area contributed by atoms with Gasteiger partial charge in [-0.1, -0.05) is 37.3 Å². The number of carbonyl (C=O) groups excluding carboxylic acids is 2. The van der Waals surface area contributed by atoms with E-state index in [4.69, 9.17) is 15.6 Å². The zero-order valence-electron chi connectivity index (χ0n) is 15.2. The zero-order valence-corrected chi connectivity index (χ0v) is 15.2. The van der Waals surface area contributed by atoms with Crippen molar-refractivity contribution < 1.29 is 24.2 Å². The lowest BCUT2D eigenvalue weighted by molar-refractivity contribution is -0.139. The molecule has 3 aromatic rings. The SMILES string of the molecule is CCc1c(C(=O)C(N)=O)c2c(OCC(=O)O)ccnn2c1Cc1ccccc1. The Hall–Kier alpha value is -3.68. The third-order valence-electron chi connectivity index (χ3n) is 4.37. The molecule has 3 N–H and O–H groups in total. The molecule has 0 saturated carbocycles. The number of amides is 1. The fraction of sp³-hybridized carbons (Fsp3) is 0.200. The first-order valence-electron chi connectivity index (χ1n) is 8.68. The van der Waals surface area contributed by atoms with Gasteiger partial charge in [-0.05, 0) is 17.5 Å². The van der Waals surface area contributed by atoms with Gasteiger partial charge in [0.1, 0.15) is 11.3 Å². The highest BCUT2D eigenvalue weighted by molar-refractivity contribution is 6.44. The summed E-state index contributed by atoms with van der Waals surface area (Å²) in [4.78, 5) is 35.2. The number of carbonyl (C=O) groups is 3. The van der Waals surface area contributed by atoms with E-state index in [1.807, 2.05) is 37.3 Å². The minimum Gasteiger partial charge on any atom is -0.480 e. The fourth-order valence-corrected chi connectivity index (χ4v) is 3.23. The van der Waals surface area contributed by atoms with E-state index >= 15 is 0 Å². The normalized spacial score (nSPS) is 10.8. The number of Topliss-reactive ketones (excluding diaryl/α,β-unsaturated/α-hetero) is 1. The molecule has 1 amide bonds. The van der Waals surface area contributed by atoms with Crippen LogP contribution in [0.3, 0.4) is 0 Å². The molecule has 8 nitrogen and oxygen atoms in total. The van der Waals surface area contributed by atoms with E-state index in [1.165, 1.54) is 16.8 Å². The summed E-state index contributed by atoms with van der Waals surface area (Å²) >= 11 is 0. The van der Waals surface area contributed by atoms with Crippen LogP contribution in [0, 0.1) is 0 Å². The van der Waals surface area contributed by atoms with E-state index in [0.29, 0.717) is 24.1 Å². The first-order valence-corrected chi connectivity index (χ1v) is 8.68. The van der Waals surface area contributed by atoms with Gasteiger partial charge in [0.2, 0.25) is 0 Å². The van der Waals surface area contributed by atoms with Crippen molar-refractivity contribution in [1.29, 1.82) is 0 Å². The molecule has 0 aliphatic carbocycles. The summed E-state index contributed by atoms with van der Waals surface area (Å²) in [5, 5.41) is 13.2. The number of ether oxygens (including phenoxy) is 1. The van der Waals surface area contributed by atoms with Crippen LogP contribution in [0.5, 0.6) is 5.75 Å². The monoisotopic (exact) mass is 381 g/mol. The van der Waals surface area contributed by atoms with Gasteiger partial charge < -0.3 is 15.6 Å². The molecule has 0 atom stereocenters. The van der Waals surface area contributed by atoms with Crippen LogP contribution in [0.25, 0.3) is 5.52 Å². The maximum absolute atomic E-state index is 12.6. The Bertz CT molecular complexity index is 1060. The molecule has 1 aromatic carbocycles. The van der Waals surface area contributed by atoms with E-state index in [2.05, 4.69) is 5.10 Å². The maximum Gasteiger partial charge on any atom is 0.341 e. The number of hydrogen-bond acceptors (Lipinski definition) is 5. The molecule has 2 heterocycles. The molecule has 0 aliphatic rings. The lowest BCUT2D eigenvalue weighted by Crippen LogP contribution is -2.24. The highest BCUT2D eigenvalue weighted by Gasteiger charge is 2.28. The Balaban J connectivity index is 2.27. The average Bonchev–Trinajstić information content (AvgIpc) is 3.00. The van der Waals surface area contributed by atoms with Crippen LogP contribution >= 0.6 is 0 Å². The van der Waals surface area contributed by atoms with Crippen molar-refractivity contribution in [2.45, 2.75) is 19.8 Å². The number of hydrogen-bond donors (Lipinski definition) is 2. The van der Waals surface area contributed by atoms with Crippen LogP contribution in [0.2, 0.25) is 0 Å². The number of aromatic nitrogens is 2. The first kappa shape index (κ1) is 19.1. The summed E-state index contributed by atoms with van der Waals surface area (Å²) in [7, 11) is 0. The highest BCUT2D eigenvalue weighted by Crippen LogP contribution is 2.32. The van der Waals surface area contributed by atoms with Gasteiger partial charge in [-0.25, -0.2) is 9.31 Å². The molecular formula is C20H19N3O5. The van der Waals surface area contributed by atoms with Crippen molar-refractivity contribution in [3.05, 3.63) is 65.0 Å². The molecule has 0 unspecified atom stereocenters. The topological polar surface area (TPSA) is 124 Å². The quantitative estimate of drug-likeness (QED) is 0.451. The molecule has 0 spiro atoms. The molecule has 8 heteroatoms. The van der Waals surface area contributed by atoms with Crippen LogP contribution in [0.1, 0.15) is 34.1 Å². The summed E-state index contributed by atoms with van der Waals surface area (Å²) in [5.74, 6) is -2.97. The van der Waals surface area contributed by atoms with E-state index < -0.39 is 24.3 Å². The minimum atomic E-state index is -1.16. The molecule has 28 heavy (non-hydrogen) atoms. The van der Waals surface area contributed by atoms with Crippen molar-refractivity contribution in [3.8, 4) is 5.75 Å². The number of ketones is 1. The van der Waals surface area contributed by atoms with Gasteiger partial charge in [0.05, 0.1) is 17.5 Å². The number of carboxylic acid groups (broad SMARTS) is 1. The lowest BCUT2D eigenvalue weighted by atomic mass is 9.99. The van der Waals surface area contributed by atoms with Crippen LogP contribution in [0.15, 0.2) is 42.6 Å². The molecule has 2 aromatic heterocycles. The molecular weight excluding hydrogens is 362 g/mol. The maximum atomic E-state index is 12.6.